The fourth-order valence-electron chi connectivity index (χ4n) is 4.17. The van der Waals surface area contributed by atoms with E-state index in [0.717, 1.165) is 37.3 Å². The molecule has 5 rings (SSSR count). The fourth-order valence-corrected chi connectivity index (χ4v) is 5.12. The number of thiophene rings is 1. The van der Waals surface area contributed by atoms with Crippen LogP contribution in [0.3, 0.4) is 0 Å². The Morgan fingerprint density at radius 2 is 1.89 bits per heavy atom. The zero-order valence-corrected chi connectivity index (χ0v) is 15.8. The Morgan fingerprint density at radius 3 is 2.74 bits per heavy atom. The van der Waals surface area contributed by atoms with Crippen LogP contribution in [0.1, 0.15) is 23.3 Å². The molecule has 27 heavy (non-hydrogen) atoms. The molecule has 3 aliphatic heterocycles. The number of rotatable bonds is 1. The highest BCUT2D eigenvalue weighted by Crippen LogP contribution is 2.43. The van der Waals surface area contributed by atoms with Crippen LogP contribution in [0.4, 0.5) is 10.5 Å². The fraction of sp³-hybridized carbons (Fsp3) is 0.450. The predicted molar refractivity (Wildman–Crippen MR) is 103 cm³/mol. The van der Waals surface area contributed by atoms with Gasteiger partial charge in [-0.3, -0.25) is 0 Å². The summed E-state index contributed by atoms with van der Waals surface area (Å²) in [5.41, 5.74) is 1.85. The Bertz CT molecular complexity index is 857. The van der Waals surface area contributed by atoms with Crippen molar-refractivity contribution in [3.05, 3.63) is 40.1 Å². The summed E-state index contributed by atoms with van der Waals surface area (Å²) in [6.07, 6.45) is 2.68. The van der Waals surface area contributed by atoms with E-state index in [1.165, 1.54) is 10.4 Å². The highest BCUT2D eigenvalue weighted by Gasteiger charge is 2.42. The SMILES string of the molecule is O=C(Nc1ccc2c(c1)OCCO2)N1CCC2(CC1)OCCc1sccc12. The molecule has 0 radical (unpaired) electrons. The smallest absolute Gasteiger partial charge is 0.321 e. The maximum absolute atomic E-state index is 12.7. The Kier molecular flexibility index (Phi) is 4.21. The highest BCUT2D eigenvalue weighted by molar-refractivity contribution is 7.10. The normalized spacial score (nSPS) is 20.2. The monoisotopic (exact) mass is 386 g/mol. The summed E-state index contributed by atoms with van der Waals surface area (Å²) in [5.74, 6) is 1.40. The van der Waals surface area contributed by atoms with Crippen molar-refractivity contribution in [1.29, 1.82) is 0 Å². The van der Waals surface area contributed by atoms with E-state index in [1.807, 2.05) is 34.4 Å². The van der Waals surface area contributed by atoms with Crippen LogP contribution in [0.2, 0.25) is 0 Å². The van der Waals surface area contributed by atoms with Gasteiger partial charge in [0.05, 0.1) is 12.2 Å². The zero-order valence-electron chi connectivity index (χ0n) is 15.0. The highest BCUT2D eigenvalue weighted by atomic mass is 32.1. The molecule has 1 N–H and O–H groups in total. The molecule has 3 aliphatic rings. The van der Waals surface area contributed by atoms with E-state index in [1.54, 1.807) is 0 Å². The van der Waals surface area contributed by atoms with Gasteiger partial charge >= 0.3 is 6.03 Å². The number of hydrogen-bond donors (Lipinski definition) is 1. The van der Waals surface area contributed by atoms with Crippen molar-refractivity contribution in [2.24, 2.45) is 0 Å². The molecule has 2 amide bonds. The second-order valence-electron chi connectivity index (χ2n) is 7.13. The number of hydrogen-bond acceptors (Lipinski definition) is 5. The standard InChI is InChI=1S/C20H22N2O4S/c23-19(21-14-1-2-16-17(13-14)25-11-10-24-16)22-7-5-20(6-8-22)15-4-12-27-18(15)3-9-26-20/h1-2,4,12-13H,3,5-11H2,(H,21,23). The van der Waals surface area contributed by atoms with E-state index in [-0.39, 0.29) is 11.6 Å². The molecule has 1 spiro atoms. The van der Waals surface area contributed by atoms with Gasteiger partial charge in [0.15, 0.2) is 11.5 Å². The molecule has 4 heterocycles. The van der Waals surface area contributed by atoms with Crippen molar-refractivity contribution in [2.75, 3.05) is 38.2 Å². The molecule has 142 valence electrons. The van der Waals surface area contributed by atoms with Crippen molar-refractivity contribution in [2.45, 2.75) is 24.9 Å². The van der Waals surface area contributed by atoms with E-state index in [9.17, 15) is 4.79 Å². The first-order chi connectivity index (χ1) is 13.2. The molecule has 2 aromatic rings. The van der Waals surface area contributed by atoms with E-state index >= 15 is 0 Å². The van der Waals surface area contributed by atoms with Crippen molar-refractivity contribution < 1.29 is 19.0 Å². The molecule has 0 unspecified atom stereocenters. The molecule has 1 aromatic carbocycles. The van der Waals surface area contributed by atoms with Crippen LogP contribution < -0.4 is 14.8 Å². The van der Waals surface area contributed by atoms with Crippen LogP contribution in [0.5, 0.6) is 11.5 Å². The summed E-state index contributed by atoms with van der Waals surface area (Å²) in [6.45, 7) is 3.24. The van der Waals surface area contributed by atoms with Gasteiger partial charge in [-0.25, -0.2) is 4.79 Å². The number of likely N-dealkylation sites (tertiary alicyclic amines) is 1. The number of nitrogens with one attached hydrogen (secondary N) is 1. The Morgan fingerprint density at radius 1 is 1.07 bits per heavy atom. The Balaban J connectivity index is 1.25. The van der Waals surface area contributed by atoms with E-state index in [0.29, 0.717) is 32.1 Å². The van der Waals surface area contributed by atoms with Crippen LogP contribution >= 0.6 is 11.3 Å². The lowest BCUT2D eigenvalue weighted by atomic mass is 9.82. The third-order valence-electron chi connectivity index (χ3n) is 5.60. The molecule has 6 nitrogen and oxygen atoms in total. The van der Waals surface area contributed by atoms with E-state index in [2.05, 4.69) is 16.8 Å². The molecule has 0 aliphatic carbocycles. The van der Waals surface area contributed by atoms with Gasteiger partial charge in [-0.1, -0.05) is 0 Å². The third kappa shape index (κ3) is 3.04. The predicted octanol–water partition coefficient (Wildman–Crippen LogP) is 3.62. The summed E-state index contributed by atoms with van der Waals surface area (Å²) in [7, 11) is 0. The minimum Gasteiger partial charge on any atom is -0.486 e. The molecule has 0 atom stereocenters. The number of fused-ring (bicyclic) bond motifs is 3. The molecule has 1 aromatic heterocycles. The minimum atomic E-state index is -0.207. The summed E-state index contributed by atoms with van der Waals surface area (Å²) >= 11 is 1.82. The average Bonchev–Trinajstić information content (AvgIpc) is 3.19. The Labute approximate surface area is 162 Å². The van der Waals surface area contributed by atoms with Gasteiger partial charge in [-0.05, 0) is 42.0 Å². The maximum atomic E-state index is 12.7. The first-order valence-corrected chi connectivity index (χ1v) is 10.3. The molecule has 1 saturated heterocycles. The minimum absolute atomic E-state index is 0.0807. The third-order valence-corrected chi connectivity index (χ3v) is 6.58. The van der Waals surface area contributed by atoms with Crippen LogP contribution in [0.15, 0.2) is 29.6 Å². The molecular weight excluding hydrogens is 364 g/mol. The molecule has 0 saturated carbocycles. The summed E-state index contributed by atoms with van der Waals surface area (Å²) in [5, 5.41) is 5.13. The van der Waals surface area contributed by atoms with E-state index < -0.39 is 0 Å². The van der Waals surface area contributed by atoms with E-state index in [4.69, 9.17) is 14.2 Å². The van der Waals surface area contributed by atoms with Crippen LogP contribution in [0.25, 0.3) is 0 Å². The first-order valence-electron chi connectivity index (χ1n) is 9.40. The van der Waals surface area contributed by atoms with Gasteiger partial charge in [-0.15, -0.1) is 11.3 Å². The van der Waals surface area contributed by atoms with Crippen molar-refractivity contribution in [1.82, 2.24) is 4.90 Å². The quantitative estimate of drug-likeness (QED) is 0.813. The lowest BCUT2D eigenvalue weighted by Crippen LogP contribution is -2.49. The van der Waals surface area contributed by atoms with Crippen LogP contribution in [-0.4, -0.2) is 43.8 Å². The van der Waals surface area contributed by atoms with Gasteiger partial charge in [0, 0.05) is 36.1 Å². The van der Waals surface area contributed by atoms with Gasteiger partial charge in [0.25, 0.3) is 0 Å². The maximum Gasteiger partial charge on any atom is 0.321 e. The van der Waals surface area contributed by atoms with Crippen LogP contribution in [-0.2, 0) is 16.8 Å². The number of carbonyl (C=O) groups is 1. The number of ether oxygens (including phenoxy) is 3. The van der Waals surface area contributed by atoms with Crippen LogP contribution in [0, 0.1) is 0 Å². The van der Waals surface area contributed by atoms with Crippen molar-refractivity contribution >= 4 is 23.1 Å². The van der Waals surface area contributed by atoms with Crippen molar-refractivity contribution in [3.8, 4) is 11.5 Å². The number of piperidine rings is 1. The Hall–Kier alpha value is -2.25. The van der Waals surface area contributed by atoms with Gasteiger partial charge in [0.1, 0.15) is 13.2 Å². The summed E-state index contributed by atoms with van der Waals surface area (Å²) in [6, 6.07) is 7.62. The topological polar surface area (TPSA) is 60.0 Å². The van der Waals surface area contributed by atoms with Gasteiger partial charge in [-0.2, -0.15) is 0 Å². The second kappa shape index (κ2) is 6.73. The van der Waals surface area contributed by atoms with Gasteiger partial charge < -0.3 is 24.4 Å². The lowest BCUT2D eigenvalue weighted by molar-refractivity contribution is -0.0912. The number of amides is 2. The molecule has 1 fully saturated rings. The number of carbonyl (C=O) groups excluding carboxylic acids is 1. The average molecular weight is 386 g/mol. The summed E-state index contributed by atoms with van der Waals surface area (Å²) in [4.78, 5) is 16.0. The molecule has 0 bridgehead atoms. The second-order valence-corrected chi connectivity index (χ2v) is 8.13. The van der Waals surface area contributed by atoms with Crippen molar-refractivity contribution in [3.63, 3.8) is 0 Å². The molecular formula is C20H22N2O4S. The first kappa shape index (κ1) is 16.9. The molecule has 7 heteroatoms. The zero-order chi connectivity index (χ0) is 18.3. The largest absolute Gasteiger partial charge is 0.486 e. The number of anilines is 1. The number of nitrogens with zero attached hydrogens (tertiary/aromatic N) is 1. The lowest BCUT2D eigenvalue weighted by Gasteiger charge is -2.44. The number of urea groups is 1. The number of benzene rings is 1. The van der Waals surface area contributed by atoms with Gasteiger partial charge in [0.2, 0.25) is 0 Å². The summed E-state index contributed by atoms with van der Waals surface area (Å²) < 4.78 is 17.3.